The van der Waals surface area contributed by atoms with Gasteiger partial charge in [-0.3, -0.25) is 4.68 Å². The van der Waals surface area contributed by atoms with Gasteiger partial charge >= 0.3 is 0 Å². The Kier molecular flexibility index (Phi) is 4.38. The molecule has 1 aliphatic rings. The van der Waals surface area contributed by atoms with Crippen LogP contribution in [0, 0.1) is 6.92 Å². The number of aliphatic hydroxyl groups excluding tert-OH is 1. The van der Waals surface area contributed by atoms with Gasteiger partial charge in [-0.15, -0.1) is 11.3 Å². The van der Waals surface area contributed by atoms with Gasteiger partial charge in [-0.25, -0.2) is 0 Å². The third-order valence-corrected chi connectivity index (χ3v) is 6.07. The van der Waals surface area contributed by atoms with E-state index in [0.717, 1.165) is 22.6 Å². The average molecular weight is 325 g/mol. The predicted octanol–water partition coefficient (Wildman–Crippen LogP) is 3.99. The van der Waals surface area contributed by atoms with E-state index in [1.807, 2.05) is 14.0 Å². The summed E-state index contributed by atoms with van der Waals surface area (Å²) in [4.78, 5) is 2.54. The molecule has 3 rings (SSSR count). The number of hydrogen-bond donors (Lipinski definition) is 1. The molecular weight excluding hydrogens is 304 g/mol. The normalized spacial score (nSPS) is 16.6. The van der Waals surface area contributed by atoms with Crippen molar-refractivity contribution in [2.75, 3.05) is 0 Å². The first-order valence-electron chi connectivity index (χ1n) is 7.53. The first kappa shape index (κ1) is 15.1. The van der Waals surface area contributed by atoms with Gasteiger partial charge in [0.05, 0.1) is 11.8 Å². The van der Waals surface area contributed by atoms with Crippen LogP contribution in [-0.4, -0.2) is 14.9 Å². The van der Waals surface area contributed by atoms with Crippen LogP contribution in [0.3, 0.4) is 0 Å². The summed E-state index contributed by atoms with van der Waals surface area (Å²) < 4.78 is 1.67. The molecule has 0 saturated heterocycles. The third kappa shape index (κ3) is 3.03. The van der Waals surface area contributed by atoms with E-state index in [4.69, 9.17) is 11.6 Å². The number of halogens is 1. The summed E-state index contributed by atoms with van der Waals surface area (Å²) in [5.41, 5.74) is 3.30. The van der Waals surface area contributed by atoms with E-state index in [0.29, 0.717) is 11.6 Å². The smallest absolute Gasteiger partial charge is 0.130 e. The molecule has 2 aromatic rings. The molecule has 5 heteroatoms. The Morgan fingerprint density at radius 2 is 2.14 bits per heavy atom. The molecule has 2 aromatic heterocycles. The molecule has 21 heavy (non-hydrogen) atoms. The third-order valence-electron chi connectivity index (χ3n) is 4.26. The largest absolute Gasteiger partial charge is 0.387 e. The molecule has 114 valence electrons. The van der Waals surface area contributed by atoms with Crippen molar-refractivity contribution in [1.82, 2.24) is 9.78 Å². The van der Waals surface area contributed by atoms with Crippen molar-refractivity contribution >= 4 is 22.9 Å². The molecule has 1 unspecified atom stereocenters. The highest BCUT2D eigenvalue weighted by Gasteiger charge is 2.20. The highest BCUT2D eigenvalue weighted by molar-refractivity contribution is 7.12. The summed E-state index contributed by atoms with van der Waals surface area (Å²) in [5.74, 6) is 0. The molecule has 0 aromatic carbocycles. The van der Waals surface area contributed by atoms with Crippen molar-refractivity contribution in [2.45, 2.75) is 51.6 Å². The molecule has 2 heterocycles. The Balaban J connectivity index is 1.81. The highest BCUT2D eigenvalue weighted by atomic mass is 35.5. The molecule has 0 amide bonds. The molecular formula is C16H21ClN2OS. The van der Waals surface area contributed by atoms with Gasteiger partial charge in [0.25, 0.3) is 0 Å². The molecule has 0 radical (unpaired) electrons. The molecule has 1 N–H and O–H groups in total. The Labute approximate surface area is 134 Å². The second-order valence-corrected chi connectivity index (χ2v) is 7.38. The van der Waals surface area contributed by atoms with Gasteiger partial charge in [0.2, 0.25) is 0 Å². The van der Waals surface area contributed by atoms with Gasteiger partial charge in [-0.2, -0.15) is 5.10 Å². The topological polar surface area (TPSA) is 38.0 Å². The van der Waals surface area contributed by atoms with E-state index in [-0.39, 0.29) is 0 Å². The number of nitrogens with zero attached hydrogens (tertiary/aromatic N) is 2. The number of rotatable bonds is 3. The molecule has 0 spiro atoms. The second kappa shape index (κ2) is 6.11. The SMILES string of the molecule is Cc1nn(C)c(Cl)c1CC(O)c1cc2c(s1)CCCCC2. The lowest BCUT2D eigenvalue weighted by atomic mass is 10.1. The standard InChI is InChI=1S/C16H21ClN2OS/c1-10-12(16(17)19(2)18-10)9-13(20)15-8-11-6-4-3-5-7-14(11)21-15/h8,13,20H,3-7,9H2,1-2H3. The van der Waals surface area contributed by atoms with Crippen molar-refractivity contribution in [3.8, 4) is 0 Å². The van der Waals surface area contributed by atoms with E-state index in [1.54, 1.807) is 16.0 Å². The fraction of sp³-hybridized carbons (Fsp3) is 0.562. The van der Waals surface area contributed by atoms with Gasteiger partial charge in [0.1, 0.15) is 5.15 Å². The number of hydrogen-bond acceptors (Lipinski definition) is 3. The minimum atomic E-state index is -0.484. The quantitative estimate of drug-likeness (QED) is 0.867. The Morgan fingerprint density at radius 1 is 1.38 bits per heavy atom. The lowest BCUT2D eigenvalue weighted by Gasteiger charge is -2.08. The van der Waals surface area contributed by atoms with Crippen LogP contribution in [-0.2, 0) is 26.3 Å². The maximum absolute atomic E-state index is 10.6. The Bertz CT molecular complexity index is 623. The number of thiophene rings is 1. The zero-order valence-electron chi connectivity index (χ0n) is 12.5. The van der Waals surface area contributed by atoms with Crippen molar-refractivity contribution in [3.63, 3.8) is 0 Å². The van der Waals surface area contributed by atoms with E-state index < -0.39 is 6.10 Å². The van der Waals surface area contributed by atoms with Gasteiger partial charge in [-0.1, -0.05) is 18.0 Å². The Hall–Kier alpha value is -0.840. The molecule has 1 atom stereocenters. The van der Waals surface area contributed by atoms with E-state index in [9.17, 15) is 5.11 Å². The fourth-order valence-corrected chi connectivity index (χ4v) is 4.55. The molecule has 0 aliphatic heterocycles. The number of aromatic nitrogens is 2. The summed E-state index contributed by atoms with van der Waals surface area (Å²) in [6.07, 6.45) is 6.25. The highest BCUT2D eigenvalue weighted by Crippen LogP contribution is 2.34. The van der Waals surface area contributed by atoms with Crippen molar-refractivity contribution in [2.24, 2.45) is 7.05 Å². The molecule has 0 bridgehead atoms. The van der Waals surface area contributed by atoms with E-state index in [2.05, 4.69) is 11.2 Å². The molecule has 0 fully saturated rings. The summed E-state index contributed by atoms with van der Waals surface area (Å²) in [7, 11) is 1.83. The number of aryl methyl sites for hydroxylation is 4. The maximum Gasteiger partial charge on any atom is 0.130 e. The van der Waals surface area contributed by atoms with Crippen LogP contribution in [0.25, 0.3) is 0 Å². The first-order valence-corrected chi connectivity index (χ1v) is 8.73. The lowest BCUT2D eigenvalue weighted by Crippen LogP contribution is -2.01. The second-order valence-electron chi connectivity index (χ2n) is 5.86. The van der Waals surface area contributed by atoms with Gasteiger partial charge in [0.15, 0.2) is 0 Å². The number of fused-ring (bicyclic) bond motifs is 1. The lowest BCUT2D eigenvalue weighted by molar-refractivity contribution is 0.182. The van der Waals surface area contributed by atoms with E-state index in [1.165, 1.54) is 36.1 Å². The number of aliphatic hydroxyl groups is 1. The van der Waals surface area contributed by atoms with Crippen LogP contribution < -0.4 is 0 Å². The summed E-state index contributed by atoms with van der Waals surface area (Å²) in [5, 5.41) is 15.5. The minimum absolute atomic E-state index is 0.484. The van der Waals surface area contributed by atoms with Crippen LogP contribution in [0.2, 0.25) is 5.15 Å². The Morgan fingerprint density at radius 3 is 2.86 bits per heavy atom. The van der Waals surface area contributed by atoms with E-state index >= 15 is 0 Å². The van der Waals surface area contributed by atoms with Crippen LogP contribution in [0.15, 0.2) is 6.07 Å². The molecule has 0 saturated carbocycles. The van der Waals surface area contributed by atoms with Crippen LogP contribution in [0.1, 0.15) is 51.9 Å². The van der Waals surface area contributed by atoms with Crippen molar-refractivity contribution < 1.29 is 5.11 Å². The minimum Gasteiger partial charge on any atom is -0.387 e. The molecule has 1 aliphatic carbocycles. The van der Waals surface area contributed by atoms with Gasteiger partial charge in [-0.05, 0) is 44.2 Å². The average Bonchev–Trinajstić information content (AvgIpc) is 2.86. The monoisotopic (exact) mass is 324 g/mol. The maximum atomic E-state index is 10.6. The zero-order chi connectivity index (χ0) is 15.0. The van der Waals surface area contributed by atoms with Crippen molar-refractivity contribution in [1.29, 1.82) is 0 Å². The fourth-order valence-electron chi connectivity index (χ4n) is 3.05. The first-order chi connectivity index (χ1) is 10.1. The summed E-state index contributed by atoms with van der Waals surface area (Å²) in [6, 6.07) is 2.20. The van der Waals surface area contributed by atoms with Crippen LogP contribution in [0.5, 0.6) is 0 Å². The summed E-state index contributed by atoms with van der Waals surface area (Å²) >= 11 is 8.04. The van der Waals surface area contributed by atoms with Gasteiger partial charge < -0.3 is 5.11 Å². The molecule has 3 nitrogen and oxygen atoms in total. The van der Waals surface area contributed by atoms with Crippen LogP contribution in [0.4, 0.5) is 0 Å². The van der Waals surface area contributed by atoms with Crippen LogP contribution >= 0.6 is 22.9 Å². The summed E-state index contributed by atoms with van der Waals surface area (Å²) in [6.45, 7) is 1.94. The predicted molar refractivity (Wildman–Crippen MR) is 87.2 cm³/mol. The van der Waals surface area contributed by atoms with Crippen molar-refractivity contribution in [3.05, 3.63) is 37.8 Å². The zero-order valence-corrected chi connectivity index (χ0v) is 14.1. The van der Waals surface area contributed by atoms with Gasteiger partial charge in [0, 0.05) is 28.8 Å².